The van der Waals surface area contributed by atoms with Crippen molar-refractivity contribution < 1.29 is 23.4 Å². The number of hydrogen-bond donors (Lipinski definition) is 3. The standard InChI is InChI=1S/C28H37F2N3O3/c1-17(34)32-22(12-18-6-8-20(29)9-7-18)24(35)16-31-23-15-28(10-5-11-28)36-26-21(23)13-19(25(30)33-26)14-27(2,3)4/h6-9,13,22-24,31,35H,5,10-12,14-16H2,1-4H3,(H,32,34)/t22-,23-,24-/m0/s1. The molecular weight excluding hydrogens is 464 g/mol. The highest BCUT2D eigenvalue weighted by Crippen LogP contribution is 2.48. The Bertz CT molecular complexity index is 1080. The molecule has 0 unspecified atom stereocenters. The predicted octanol–water partition coefficient (Wildman–Crippen LogP) is 4.39. The molecule has 1 aliphatic carbocycles. The van der Waals surface area contributed by atoms with Crippen molar-refractivity contribution in [1.82, 2.24) is 15.6 Å². The van der Waals surface area contributed by atoms with Gasteiger partial charge < -0.3 is 20.5 Å². The summed E-state index contributed by atoms with van der Waals surface area (Å²) in [6.45, 7) is 7.78. The molecule has 1 amide bonds. The number of hydrogen-bond acceptors (Lipinski definition) is 5. The Balaban J connectivity index is 1.53. The van der Waals surface area contributed by atoms with Gasteiger partial charge >= 0.3 is 0 Å². The first-order valence-electron chi connectivity index (χ1n) is 12.7. The summed E-state index contributed by atoms with van der Waals surface area (Å²) in [5, 5.41) is 17.3. The fourth-order valence-electron chi connectivity index (χ4n) is 5.17. The predicted molar refractivity (Wildman–Crippen MR) is 134 cm³/mol. The zero-order valence-electron chi connectivity index (χ0n) is 21.5. The van der Waals surface area contributed by atoms with Gasteiger partial charge in [0.05, 0.1) is 12.1 Å². The monoisotopic (exact) mass is 501 g/mol. The lowest BCUT2D eigenvalue weighted by Gasteiger charge is -2.47. The number of aromatic nitrogens is 1. The minimum atomic E-state index is -0.898. The quantitative estimate of drug-likeness (QED) is 0.467. The number of halogens is 2. The summed E-state index contributed by atoms with van der Waals surface area (Å²) in [6.07, 6.45) is 3.54. The van der Waals surface area contributed by atoms with Crippen molar-refractivity contribution >= 4 is 5.91 Å². The van der Waals surface area contributed by atoms with E-state index < -0.39 is 18.1 Å². The lowest BCUT2D eigenvalue weighted by atomic mass is 9.73. The molecule has 3 N–H and O–H groups in total. The molecule has 8 heteroatoms. The fraction of sp³-hybridized carbons (Fsp3) is 0.571. The average Bonchev–Trinajstić information content (AvgIpc) is 2.76. The van der Waals surface area contributed by atoms with E-state index in [0.717, 1.165) is 30.4 Å². The van der Waals surface area contributed by atoms with Crippen molar-refractivity contribution in [2.45, 2.75) is 90.0 Å². The van der Waals surface area contributed by atoms with E-state index in [0.29, 0.717) is 30.7 Å². The van der Waals surface area contributed by atoms with E-state index in [-0.39, 0.29) is 35.3 Å². The van der Waals surface area contributed by atoms with Crippen LogP contribution in [0.15, 0.2) is 30.3 Å². The van der Waals surface area contributed by atoms with Crippen molar-refractivity contribution in [1.29, 1.82) is 0 Å². The maximum atomic E-state index is 14.9. The fourth-order valence-corrected chi connectivity index (χ4v) is 5.17. The topological polar surface area (TPSA) is 83.5 Å². The highest BCUT2D eigenvalue weighted by molar-refractivity contribution is 5.73. The summed E-state index contributed by atoms with van der Waals surface area (Å²) < 4.78 is 34.4. The zero-order chi connectivity index (χ0) is 26.1. The number of ether oxygens (including phenoxy) is 1. The minimum Gasteiger partial charge on any atom is -0.471 e. The molecule has 6 nitrogen and oxygen atoms in total. The second kappa shape index (κ2) is 10.4. The first-order valence-corrected chi connectivity index (χ1v) is 12.7. The molecule has 36 heavy (non-hydrogen) atoms. The molecule has 1 aromatic carbocycles. The van der Waals surface area contributed by atoms with Gasteiger partial charge in [0.1, 0.15) is 11.4 Å². The van der Waals surface area contributed by atoms with Gasteiger partial charge in [-0.2, -0.15) is 9.37 Å². The molecule has 3 atom stereocenters. The lowest BCUT2D eigenvalue weighted by Crippen LogP contribution is -2.52. The normalized spacial score (nSPS) is 20.1. The van der Waals surface area contributed by atoms with Crippen molar-refractivity contribution in [3.8, 4) is 5.88 Å². The van der Waals surface area contributed by atoms with Crippen molar-refractivity contribution in [3.05, 3.63) is 58.8 Å². The highest BCUT2D eigenvalue weighted by Gasteiger charge is 2.46. The second-order valence-corrected chi connectivity index (χ2v) is 11.6. The van der Waals surface area contributed by atoms with Gasteiger partial charge in [-0.25, -0.2) is 4.39 Å². The van der Waals surface area contributed by atoms with Gasteiger partial charge in [-0.1, -0.05) is 32.9 Å². The number of aliphatic hydroxyl groups excluding tert-OH is 1. The van der Waals surface area contributed by atoms with Crippen LogP contribution < -0.4 is 15.4 Å². The van der Waals surface area contributed by atoms with Crippen LogP contribution in [0.5, 0.6) is 5.88 Å². The van der Waals surface area contributed by atoms with Gasteiger partial charge in [0, 0.05) is 37.1 Å². The summed E-state index contributed by atoms with van der Waals surface area (Å²) in [4.78, 5) is 16.0. The number of nitrogens with one attached hydrogen (secondary N) is 2. The average molecular weight is 502 g/mol. The summed E-state index contributed by atoms with van der Waals surface area (Å²) in [5.41, 5.74) is 1.70. The van der Waals surface area contributed by atoms with Gasteiger partial charge in [0.25, 0.3) is 0 Å². The third kappa shape index (κ3) is 6.40. The van der Waals surface area contributed by atoms with Gasteiger partial charge in [0.2, 0.25) is 17.7 Å². The molecule has 1 aromatic heterocycles. The number of rotatable bonds is 8. The van der Waals surface area contributed by atoms with Crippen LogP contribution in [-0.4, -0.2) is 40.3 Å². The third-order valence-corrected chi connectivity index (χ3v) is 7.09. The van der Waals surface area contributed by atoms with Crippen LogP contribution in [0.2, 0.25) is 0 Å². The molecule has 1 fully saturated rings. The Hall–Kier alpha value is -2.58. The summed E-state index contributed by atoms with van der Waals surface area (Å²) in [5.74, 6) is -0.759. The van der Waals surface area contributed by atoms with Crippen LogP contribution >= 0.6 is 0 Å². The van der Waals surface area contributed by atoms with Crippen LogP contribution in [0.4, 0.5) is 8.78 Å². The number of amides is 1. The van der Waals surface area contributed by atoms with E-state index in [1.54, 1.807) is 12.1 Å². The maximum Gasteiger partial charge on any atom is 0.221 e. The van der Waals surface area contributed by atoms with E-state index >= 15 is 0 Å². The first-order chi connectivity index (χ1) is 16.9. The van der Waals surface area contributed by atoms with Gasteiger partial charge in [-0.15, -0.1) is 0 Å². The SMILES string of the molecule is CC(=O)N[C@@H](Cc1ccc(F)cc1)[C@@H](O)CN[C@H]1CC2(CCC2)Oc2nc(F)c(CC(C)(C)C)cc21. The molecule has 1 saturated carbocycles. The zero-order valence-corrected chi connectivity index (χ0v) is 21.5. The Morgan fingerprint density at radius 2 is 1.94 bits per heavy atom. The van der Waals surface area contributed by atoms with Crippen LogP contribution in [-0.2, 0) is 17.6 Å². The smallest absolute Gasteiger partial charge is 0.221 e. The van der Waals surface area contributed by atoms with Crippen LogP contribution in [0.1, 0.15) is 76.1 Å². The minimum absolute atomic E-state index is 0.105. The van der Waals surface area contributed by atoms with Gasteiger partial charge in [-0.3, -0.25) is 4.79 Å². The third-order valence-electron chi connectivity index (χ3n) is 7.09. The Labute approximate surface area is 211 Å². The Morgan fingerprint density at radius 1 is 1.25 bits per heavy atom. The molecule has 0 saturated heterocycles. The van der Waals surface area contributed by atoms with Crippen molar-refractivity contribution in [2.75, 3.05) is 6.54 Å². The maximum absolute atomic E-state index is 14.9. The largest absolute Gasteiger partial charge is 0.471 e. The van der Waals surface area contributed by atoms with Crippen molar-refractivity contribution in [3.63, 3.8) is 0 Å². The molecule has 196 valence electrons. The first kappa shape index (κ1) is 26.5. The van der Waals surface area contributed by atoms with Crippen molar-refractivity contribution in [2.24, 2.45) is 5.41 Å². The number of aliphatic hydroxyl groups is 1. The molecule has 0 radical (unpaired) electrons. The molecule has 1 aliphatic heterocycles. The summed E-state index contributed by atoms with van der Waals surface area (Å²) in [6, 6.07) is 7.15. The second-order valence-electron chi connectivity index (χ2n) is 11.6. The molecule has 1 spiro atoms. The van der Waals surface area contributed by atoms with Gasteiger partial charge in [-0.05, 0) is 61.3 Å². The molecule has 0 bridgehead atoms. The van der Waals surface area contributed by atoms with Gasteiger partial charge in [0.15, 0.2) is 0 Å². The lowest BCUT2D eigenvalue weighted by molar-refractivity contribution is -0.120. The van der Waals surface area contributed by atoms with E-state index in [1.807, 2.05) is 6.07 Å². The number of benzene rings is 1. The molecular formula is C28H37F2N3O3. The van der Waals surface area contributed by atoms with Crippen LogP contribution in [0.25, 0.3) is 0 Å². The number of fused-ring (bicyclic) bond motifs is 1. The number of carbonyl (C=O) groups excluding carboxylic acids is 1. The summed E-state index contributed by atoms with van der Waals surface area (Å²) >= 11 is 0. The van der Waals surface area contributed by atoms with Crippen LogP contribution in [0.3, 0.4) is 0 Å². The molecule has 2 aliphatic rings. The molecule has 2 aromatic rings. The Kier molecular flexibility index (Phi) is 7.67. The Morgan fingerprint density at radius 3 is 2.53 bits per heavy atom. The van der Waals surface area contributed by atoms with E-state index in [2.05, 4.69) is 36.4 Å². The number of pyridine rings is 1. The summed E-state index contributed by atoms with van der Waals surface area (Å²) in [7, 11) is 0. The van der Waals surface area contributed by atoms with E-state index in [4.69, 9.17) is 4.74 Å². The highest BCUT2D eigenvalue weighted by atomic mass is 19.1. The van der Waals surface area contributed by atoms with Crippen LogP contribution in [0, 0.1) is 17.2 Å². The number of nitrogens with zero attached hydrogens (tertiary/aromatic N) is 1. The molecule has 2 heterocycles. The van der Waals surface area contributed by atoms with E-state index in [1.165, 1.54) is 19.1 Å². The molecule has 4 rings (SSSR count). The van der Waals surface area contributed by atoms with E-state index in [9.17, 15) is 18.7 Å². The number of carbonyl (C=O) groups is 1.